The zero-order valence-electron chi connectivity index (χ0n) is 10.9. The van der Waals surface area contributed by atoms with Gasteiger partial charge >= 0.3 is 12.0 Å². The number of rotatable bonds is 4. The Morgan fingerprint density at radius 1 is 1.35 bits per heavy atom. The van der Waals surface area contributed by atoms with Gasteiger partial charge in [0.25, 0.3) is 0 Å². The number of aromatic nitrogens is 2. The lowest BCUT2D eigenvalue weighted by Crippen LogP contribution is -2.43. The van der Waals surface area contributed by atoms with Gasteiger partial charge in [-0.05, 0) is 18.9 Å². The van der Waals surface area contributed by atoms with Gasteiger partial charge in [0.15, 0.2) is 0 Å². The van der Waals surface area contributed by atoms with Crippen LogP contribution in [0, 0.1) is 0 Å². The van der Waals surface area contributed by atoms with Gasteiger partial charge in [-0.3, -0.25) is 5.32 Å². The van der Waals surface area contributed by atoms with E-state index in [9.17, 15) is 9.59 Å². The zero-order valence-corrected chi connectivity index (χ0v) is 10.9. The quantitative estimate of drug-likeness (QED) is 0.835. The summed E-state index contributed by atoms with van der Waals surface area (Å²) < 4.78 is 5.21. The molecule has 1 fully saturated rings. The Balaban J connectivity index is 1.76. The number of hydrogen-bond acceptors (Lipinski definition) is 5. The first-order valence-electron chi connectivity index (χ1n) is 6.31. The summed E-state index contributed by atoms with van der Waals surface area (Å²) in [5.74, 6) is -0.715. The summed E-state index contributed by atoms with van der Waals surface area (Å²) >= 11 is 0. The lowest BCUT2D eigenvalue weighted by atomic mass is 10.1. The Kier molecular flexibility index (Phi) is 4.83. The largest absolute Gasteiger partial charge is 0.480 e. The Morgan fingerprint density at radius 3 is 2.60 bits per heavy atom. The van der Waals surface area contributed by atoms with Crippen molar-refractivity contribution in [1.82, 2.24) is 14.9 Å². The first-order chi connectivity index (χ1) is 9.65. The number of nitrogens with one attached hydrogen (secondary N) is 1. The number of carbonyl (C=O) groups is 2. The van der Waals surface area contributed by atoms with E-state index in [1.54, 1.807) is 23.4 Å². The number of carboxylic acids is 1. The van der Waals surface area contributed by atoms with E-state index in [-0.39, 0.29) is 24.7 Å². The lowest BCUT2D eigenvalue weighted by molar-refractivity contribution is -0.145. The molecule has 2 N–H and O–H groups in total. The number of anilines is 1. The van der Waals surface area contributed by atoms with Crippen molar-refractivity contribution >= 4 is 17.9 Å². The van der Waals surface area contributed by atoms with Crippen LogP contribution >= 0.6 is 0 Å². The summed E-state index contributed by atoms with van der Waals surface area (Å²) in [5, 5.41) is 11.1. The van der Waals surface area contributed by atoms with Gasteiger partial charge in [0.1, 0.15) is 6.61 Å². The minimum absolute atomic E-state index is 0.108. The average Bonchev–Trinajstić information content (AvgIpc) is 2.46. The predicted molar refractivity (Wildman–Crippen MR) is 69.2 cm³/mol. The van der Waals surface area contributed by atoms with E-state index in [0.717, 1.165) is 0 Å². The van der Waals surface area contributed by atoms with Crippen LogP contribution in [0.5, 0.6) is 0 Å². The maximum absolute atomic E-state index is 11.9. The highest BCUT2D eigenvalue weighted by atomic mass is 16.5. The highest BCUT2D eigenvalue weighted by molar-refractivity contribution is 5.87. The van der Waals surface area contributed by atoms with E-state index in [1.165, 1.54) is 0 Å². The van der Waals surface area contributed by atoms with Crippen LogP contribution < -0.4 is 5.32 Å². The Hall–Kier alpha value is -2.22. The summed E-state index contributed by atoms with van der Waals surface area (Å²) in [6.07, 6.45) is 4.23. The zero-order chi connectivity index (χ0) is 14.4. The van der Waals surface area contributed by atoms with Gasteiger partial charge in [-0.15, -0.1) is 0 Å². The van der Waals surface area contributed by atoms with Crippen molar-refractivity contribution in [2.75, 3.05) is 25.0 Å². The molecule has 2 heterocycles. The number of amides is 2. The number of urea groups is 1. The van der Waals surface area contributed by atoms with E-state index in [0.29, 0.717) is 25.9 Å². The SMILES string of the molecule is O=C(O)COC1CCN(C(=O)Nc2ncccn2)CC1. The van der Waals surface area contributed by atoms with E-state index in [2.05, 4.69) is 15.3 Å². The molecular formula is C12H16N4O4. The van der Waals surface area contributed by atoms with E-state index in [1.807, 2.05) is 0 Å². The molecule has 0 atom stereocenters. The van der Waals surface area contributed by atoms with Crippen LogP contribution in [0.4, 0.5) is 10.7 Å². The second-order valence-electron chi connectivity index (χ2n) is 4.39. The first-order valence-corrected chi connectivity index (χ1v) is 6.31. The molecule has 1 aliphatic heterocycles. The van der Waals surface area contributed by atoms with Crippen LogP contribution in [-0.2, 0) is 9.53 Å². The van der Waals surface area contributed by atoms with Gasteiger partial charge in [-0.2, -0.15) is 0 Å². The molecule has 8 nitrogen and oxygen atoms in total. The van der Waals surface area contributed by atoms with Crippen LogP contribution in [0.25, 0.3) is 0 Å². The molecule has 1 aromatic rings. The Bertz CT molecular complexity index is 460. The van der Waals surface area contributed by atoms with Crippen LogP contribution in [0.15, 0.2) is 18.5 Å². The molecule has 0 radical (unpaired) electrons. The van der Waals surface area contributed by atoms with Crippen molar-refractivity contribution in [3.63, 3.8) is 0 Å². The topological polar surface area (TPSA) is 105 Å². The van der Waals surface area contributed by atoms with Crippen molar-refractivity contribution in [3.05, 3.63) is 18.5 Å². The van der Waals surface area contributed by atoms with Crippen LogP contribution in [-0.4, -0.2) is 57.8 Å². The molecule has 2 amide bonds. The maximum Gasteiger partial charge on any atom is 0.329 e. The molecule has 1 aliphatic rings. The summed E-state index contributed by atoms with van der Waals surface area (Å²) in [7, 11) is 0. The Morgan fingerprint density at radius 2 is 2.00 bits per heavy atom. The molecule has 1 saturated heterocycles. The van der Waals surface area contributed by atoms with E-state index < -0.39 is 5.97 Å². The number of nitrogens with zero attached hydrogens (tertiary/aromatic N) is 3. The number of carboxylic acid groups (broad SMARTS) is 1. The maximum atomic E-state index is 11.9. The van der Waals surface area contributed by atoms with Crippen molar-refractivity contribution in [2.45, 2.75) is 18.9 Å². The molecule has 0 bridgehead atoms. The second kappa shape index (κ2) is 6.80. The fraction of sp³-hybridized carbons (Fsp3) is 0.500. The molecular weight excluding hydrogens is 264 g/mol. The lowest BCUT2D eigenvalue weighted by Gasteiger charge is -2.31. The fourth-order valence-electron chi connectivity index (χ4n) is 1.95. The number of ether oxygens (including phenoxy) is 1. The van der Waals surface area contributed by atoms with Gasteiger partial charge in [-0.1, -0.05) is 0 Å². The van der Waals surface area contributed by atoms with Gasteiger partial charge < -0.3 is 14.7 Å². The standard InChI is InChI=1S/C12H16N4O4/c17-10(18)8-20-9-2-6-16(7-3-9)12(19)15-11-13-4-1-5-14-11/h1,4-5,9H,2-3,6-8H2,(H,17,18)(H,13,14,15,19). The predicted octanol–water partition coefficient (Wildman–Crippen LogP) is 0.574. The third-order valence-electron chi connectivity index (χ3n) is 2.96. The molecule has 0 unspecified atom stereocenters. The van der Waals surface area contributed by atoms with Gasteiger partial charge in [0.05, 0.1) is 6.10 Å². The highest BCUT2D eigenvalue weighted by Gasteiger charge is 2.24. The smallest absolute Gasteiger partial charge is 0.329 e. The highest BCUT2D eigenvalue weighted by Crippen LogP contribution is 2.14. The van der Waals surface area contributed by atoms with Crippen molar-refractivity contribution in [3.8, 4) is 0 Å². The fourth-order valence-corrected chi connectivity index (χ4v) is 1.95. The van der Waals surface area contributed by atoms with Crippen molar-refractivity contribution < 1.29 is 19.4 Å². The third-order valence-corrected chi connectivity index (χ3v) is 2.96. The number of likely N-dealkylation sites (tertiary alicyclic amines) is 1. The molecule has 2 rings (SSSR count). The number of hydrogen-bond donors (Lipinski definition) is 2. The molecule has 0 aliphatic carbocycles. The van der Waals surface area contributed by atoms with E-state index >= 15 is 0 Å². The summed E-state index contributed by atoms with van der Waals surface area (Å²) in [5.41, 5.74) is 0. The normalized spacial score (nSPS) is 15.9. The number of aliphatic carboxylic acids is 1. The minimum atomic E-state index is -0.980. The van der Waals surface area contributed by atoms with Gasteiger partial charge in [-0.25, -0.2) is 19.6 Å². The molecule has 0 aromatic carbocycles. The molecule has 0 saturated carbocycles. The summed E-state index contributed by atoms with van der Waals surface area (Å²) in [6, 6.07) is 1.41. The minimum Gasteiger partial charge on any atom is -0.480 e. The third kappa shape index (κ3) is 4.16. The number of piperidine rings is 1. The Labute approximate surface area is 115 Å². The number of carbonyl (C=O) groups excluding carboxylic acids is 1. The van der Waals surface area contributed by atoms with Crippen LogP contribution in [0.1, 0.15) is 12.8 Å². The summed E-state index contributed by atoms with van der Waals surface area (Å²) in [6.45, 7) is 0.737. The molecule has 108 valence electrons. The molecule has 0 spiro atoms. The van der Waals surface area contributed by atoms with Crippen LogP contribution in [0.2, 0.25) is 0 Å². The monoisotopic (exact) mass is 280 g/mol. The molecule has 8 heteroatoms. The van der Waals surface area contributed by atoms with Crippen molar-refractivity contribution in [1.29, 1.82) is 0 Å². The molecule has 20 heavy (non-hydrogen) atoms. The van der Waals surface area contributed by atoms with Gasteiger partial charge in [0.2, 0.25) is 5.95 Å². The van der Waals surface area contributed by atoms with Gasteiger partial charge in [0, 0.05) is 25.5 Å². The van der Waals surface area contributed by atoms with Crippen LogP contribution in [0.3, 0.4) is 0 Å². The van der Waals surface area contributed by atoms with E-state index in [4.69, 9.17) is 9.84 Å². The van der Waals surface area contributed by atoms with Crippen molar-refractivity contribution in [2.24, 2.45) is 0 Å². The average molecular weight is 280 g/mol. The summed E-state index contributed by atoms with van der Waals surface area (Å²) in [4.78, 5) is 31.8. The second-order valence-corrected chi connectivity index (χ2v) is 4.39. The first kappa shape index (κ1) is 14.2. The molecule has 1 aromatic heterocycles.